The number of nitrogen functional groups attached to an aromatic ring is 1. The first-order chi connectivity index (χ1) is 9.36. The minimum absolute atomic E-state index is 0.00123. The van der Waals surface area contributed by atoms with Crippen molar-refractivity contribution in [1.82, 2.24) is 4.98 Å². The maximum atomic E-state index is 11.2. The summed E-state index contributed by atoms with van der Waals surface area (Å²) < 4.78 is 0. The van der Waals surface area contributed by atoms with E-state index in [4.69, 9.17) is 27.5 Å². The molecule has 0 saturated heterocycles. The third kappa shape index (κ3) is 3.82. The van der Waals surface area contributed by atoms with E-state index in [0.29, 0.717) is 0 Å². The number of anilines is 2. The Morgan fingerprint density at radius 1 is 1.50 bits per heavy atom. The number of rotatable bonds is 7. The van der Waals surface area contributed by atoms with Gasteiger partial charge < -0.3 is 15.9 Å². The van der Waals surface area contributed by atoms with Gasteiger partial charge in [-0.15, -0.1) is 0 Å². The van der Waals surface area contributed by atoms with Gasteiger partial charge in [-0.25, -0.2) is 9.78 Å². The third-order valence-electron chi connectivity index (χ3n) is 2.45. The number of halogens is 1. The van der Waals surface area contributed by atoms with Crippen molar-refractivity contribution < 1.29 is 24.6 Å². The number of nitrogens with two attached hydrogens (primary N) is 1. The van der Waals surface area contributed by atoms with Crippen LogP contribution >= 0.6 is 11.6 Å². The van der Waals surface area contributed by atoms with Crippen LogP contribution in [0.3, 0.4) is 0 Å². The largest absolute Gasteiger partial charge is 0.481 e. The third-order valence-corrected chi connectivity index (χ3v) is 2.73. The summed E-state index contributed by atoms with van der Waals surface area (Å²) >= 11 is 5.86. The highest BCUT2D eigenvalue weighted by atomic mass is 35.5. The van der Waals surface area contributed by atoms with Crippen LogP contribution in [-0.2, 0) is 14.4 Å². The van der Waals surface area contributed by atoms with E-state index < -0.39 is 24.4 Å². The molecule has 0 bridgehead atoms. The second kappa shape index (κ2) is 6.71. The molecular formula is C11H12ClN3O5. The van der Waals surface area contributed by atoms with Gasteiger partial charge in [-0.05, 0) is 12.5 Å². The summed E-state index contributed by atoms with van der Waals surface area (Å²) in [7, 11) is 0. The van der Waals surface area contributed by atoms with Crippen LogP contribution in [0.25, 0.3) is 0 Å². The van der Waals surface area contributed by atoms with Gasteiger partial charge in [-0.3, -0.25) is 14.5 Å². The van der Waals surface area contributed by atoms with E-state index in [1.165, 1.54) is 12.3 Å². The molecule has 0 fully saturated rings. The zero-order valence-corrected chi connectivity index (χ0v) is 10.9. The average molecular weight is 302 g/mol. The molecule has 1 heterocycles. The van der Waals surface area contributed by atoms with Crippen molar-refractivity contribution in [1.29, 1.82) is 0 Å². The summed E-state index contributed by atoms with van der Waals surface area (Å²) in [5, 5.41) is 17.7. The number of pyridine rings is 1. The SMILES string of the molecule is Nc1cnc(N(C=O)[C@@H](CCC(=O)O)C(=O)O)c(Cl)c1. The maximum absolute atomic E-state index is 11.2. The Labute approximate surface area is 118 Å². The Balaban J connectivity index is 3.09. The first-order valence-electron chi connectivity index (χ1n) is 5.46. The number of carbonyl (C=O) groups is 3. The lowest BCUT2D eigenvalue weighted by atomic mass is 10.1. The van der Waals surface area contributed by atoms with Crippen molar-refractivity contribution >= 4 is 41.5 Å². The van der Waals surface area contributed by atoms with Crippen LogP contribution < -0.4 is 10.6 Å². The smallest absolute Gasteiger partial charge is 0.326 e. The van der Waals surface area contributed by atoms with Gasteiger partial charge in [0.2, 0.25) is 6.41 Å². The second-order valence-corrected chi connectivity index (χ2v) is 4.28. The number of aliphatic carboxylic acids is 2. The van der Waals surface area contributed by atoms with Gasteiger partial charge in [0.15, 0.2) is 5.82 Å². The van der Waals surface area contributed by atoms with Crippen molar-refractivity contribution in [2.75, 3.05) is 10.6 Å². The summed E-state index contributed by atoms with van der Waals surface area (Å²) in [4.78, 5) is 37.4. The highest BCUT2D eigenvalue weighted by Crippen LogP contribution is 2.26. The van der Waals surface area contributed by atoms with Gasteiger partial charge >= 0.3 is 11.9 Å². The summed E-state index contributed by atoms with van der Waals surface area (Å²) in [6, 6.07) is -0.0616. The van der Waals surface area contributed by atoms with E-state index in [0.717, 1.165) is 4.90 Å². The van der Waals surface area contributed by atoms with Gasteiger partial charge in [0, 0.05) is 6.42 Å². The van der Waals surface area contributed by atoms with Crippen molar-refractivity contribution in [3.63, 3.8) is 0 Å². The summed E-state index contributed by atoms with van der Waals surface area (Å²) in [6.07, 6.45) is 0.776. The fraction of sp³-hybridized carbons (Fsp3) is 0.273. The summed E-state index contributed by atoms with van der Waals surface area (Å²) in [5.41, 5.74) is 5.71. The number of carboxylic acids is 2. The molecule has 1 amide bonds. The van der Waals surface area contributed by atoms with Crippen LogP contribution in [0.5, 0.6) is 0 Å². The number of carbonyl (C=O) groups excluding carboxylic acids is 1. The standard InChI is InChI=1S/C11H12ClN3O5/c12-7-3-6(13)4-14-10(7)15(5-16)8(11(19)20)1-2-9(17)18/h3-5,8H,1-2,13H2,(H,17,18)(H,19,20)/t8-/m0/s1. The first-order valence-corrected chi connectivity index (χ1v) is 5.84. The molecule has 0 aromatic carbocycles. The topological polar surface area (TPSA) is 134 Å². The molecule has 0 saturated carbocycles. The molecule has 9 heteroatoms. The van der Waals surface area contributed by atoms with Gasteiger partial charge in [0.1, 0.15) is 6.04 Å². The number of amides is 1. The van der Waals surface area contributed by atoms with E-state index in [2.05, 4.69) is 4.98 Å². The quantitative estimate of drug-likeness (QED) is 0.628. The molecule has 8 nitrogen and oxygen atoms in total. The fourth-order valence-electron chi connectivity index (χ4n) is 1.55. The second-order valence-electron chi connectivity index (χ2n) is 3.87. The Kier molecular flexibility index (Phi) is 5.27. The maximum Gasteiger partial charge on any atom is 0.326 e. The monoisotopic (exact) mass is 301 g/mol. The summed E-state index contributed by atoms with van der Waals surface area (Å²) in [6.45, 7) is 0. The lowest BCUT2D eigenvalue weighted by molar-refractivity contribution is -0.140. The zero-order valence-electron chi connectivity index (χ0n) is 10.2. The normalized spacial score (nSPS) is 11.7. The molecular weight excluding hydrogens is 290 g/mol. The molecule has 0 radical (unpaired) electrons. The first kappa shape index (κ1) is 15.7. The van der Waals surface area contributed by atoms with E-state index in [1.54, 1.807) is 0 Å². The molecule has 4 N–H and O–H groups in total. The van der Waals surface area contributed by atoms with Gasteiger partial charge in [0.05, 0.1) is 16.9 Å². The van der Waals surface area contributed by atoms with Crippen LogP contribution in [0, 0.1) is 0 Å². The average Bonchev–Trinajstić information content (AvgIpc) is 2.35. The predicted molar refractivity (Wildman–Crippen MR) is 70.5 cm³/mol. The van der Waals surface area contributed by atoms with Crippen molar-refractivity contribution in [3.05, 3.63) is 17.3 Å². The Morgan fingerprint density at radius 2 is 2.15 bits per heavy atom. The van der Waals surface area contributed by atoms with Crippen LogP contribution in [0.2, 0.25) is 5.02 Å². The molecule has 1 aromatic rings. The number of nitrogens with zero attached hydrogens (tertiary/aromatic N) is 2. The van der Waals surface area contributed by atoms with Gasteiger partial charge in [-0.1, -0.05) is 11.6 Å². The number of hydrogen-bond acceptors (Lipinski definition) is 5. The molecule has 0 unspecified atom stereocenters. The number of aromatic nitrogens is 1. The lowest BCUT2D eigenvalue weighted by Gasteiger charge is -2.24. The van der Waals surface area contributed by atoms with E-state index >= 15 is 0 Å². The number of carboxylic acid groups (broad SMARTS) is 2. The van der Waals surface area contributed by atoms with E-state index in [-0.39, 0.29) is 29.4 Å². The minimum atomic E-state index is -1.38. The Hall–Kier alpha value is -2.35. The van der Waals surface area contributed by atoms with Crippen molar-refractivity contribution in [2.45, 2.75) is 18.9 Å². The van der Waals surface area contributed by atoms with Crippen LogP contribution in [-0.4, -0.2) is 39.6 Å². The van der Waals surface area contributed by atoms with Crippen molar-refractivity contribution in [2.24, 2.45) is 0 Å². The molecule has 0 spiro atoms. The molecule has 108 valence electrons. The van der Waals surface area contributed by atoms with Crippen LogP contribution in [0.1, 0.15) is 12.8 Å². The molecule has 0 aliphatic heterocycles. The van der Waals surface area contributed by atoms with Gasteiger partial charge in [-0.2, -0.15) is 0 Å². The van der Waals surface area contributed by atoms with E-state index in [1.807, 2.05) is 0 Å². The highest BCUT2D eigenvalue weighted by Gasteiger charge is 2.28. The predicted octanol–water partition coefficient (Wildman–Crippen LogP) is 0.598. The molecule has 0 aliphatic rings. The lowest BCUT2D eigenvalue weighted by Crippen LogP contribution is -2.41. The highest BCUT2D eigenvalue weighted by molar-refractivity contribution is 6.33. The minimum Gasteiger partial charge on any atom is -0.481 e. The zero-order chi connectivity index (χ0) is 15.3. The Morgan fingerprint density at radius 3 is 2.60 bits per heavy atom. The molecule has 0 aliphatic carbocycles. The number of hydrogen-bond donors (Lipinski definition) is 3. The molecule has 1 aromatic heterocycles. The van der Waals surface area contributed by atoms with Gasteiger partial charge in [0.25, 0.3) is 0 Å². The van der Waals surface area contributed by atoms with Crippen LogP contribution in [0.4, 0.5) is 11.5 Å². The van der Waals surface area contributed by atoms with Crippen LogP contribution in [0.15, 0.2) is 12.3 Å². The summed E-state index contributed by atoms with van der Waals surface area (Å²) in [5.74, 6) is -2.61. The fourth-order valence-corrected chi connectivity index (χ4v) is 1.82. The van der Waals surface area contributed by atoms with Crippen molar-refractivity contribution in [3.8, 4) is 0 Å². The Bertz CT molecular complexity index is 537. The molecule has 20 heavy (non-hydrogen) atoms. The molecule has 1 rings (SSSR count). The molecule has 1 atom stereocenters. The van der Waals surface area contributed by atoms with E-state index in [9.17, 15) is 14.4 Å².